The molecule has 0 aliphatic carbocycles. The van der Waals surface area contributed by atoms with Gasteiger partial charge < -0.3 is 10.5 Å². The van der Waals surface area contributed by atoms with E-state index in [1.807, 2.05) is 48.6 Å². The third-order valence-corrected chi connectivity index (χ3v) is 3.71. The first kappa shape index (κ1) is 19.6. The molecule has 5 heteroatoms. The molecule has 0 saturated carbocycles. The van der Waals surface area contributed by atoms with Crippen LogP contribution in [-0.4, -0.2) is 22.6 Å². The largest absolute Gasteiger partial charge is 0.490 e. The van der Waals surface area contributed by atoms with Crippen LogP contribution < -0.4 is 10.5 Å². The van der Waals surface area contributed by atoms with Crippen molar-refractivity contribution in [3.8, 4) is 5.75 Å². The maximum Gasteiger partial charge on any atom is 0.138 e. The van der Waals surface area contributed by atoms with Crippen molar-refractivity contribution < 1.29 is 4.74 Å². The molecule has 0 radical (unpaired) electrons. The lowest BCUT2D eigenvalue weighted by Gasteiger charge is -2.13. The van der Waals surface area contributed by atoms with Gasteiger partial charge in [-0.1, -0.05) is 42.5 Å². The highest BCUT2D eigenvalue weighted by atomic mass is 35.5. The van der Waals surface area contributed by atoms with E-state index in [1.165, 1.54) is 5.56 Å². The highest BCUT2D eigenvalue weighted by molar-refractivity contribution is 5.85. The van der Waals surface area contributed by atoms with E-state index >= 15 is 0 Å². The molecule has 4 nitrogen and oxygen atoms in total. The number of aromatic nitrogens is 2. The number of hydrogen-bond donors (Lipinski definition) is 1. The summed E-state index contributed by atoms with van der Waals surface area (Å²) < 4.78 is 5.80. The van der Waals surface area contributed by atoms with Crippen LogP contribution in [0.4, 0.5) is 0 Å². The summed E-state index contributed by atoms with van der Waals surface area (Å²) in [7, 11) is 0. The minimum absolute atomic E-state index is 0. The van der Waals surface area contributed by atoms with Crippen LogP contribution in [0.25, 0.3) is 12.2 Å². The van der Waals surface area contributed by atoms with Crippen molar-refractivity contribution >= 4 is 24.6 Å². The molecule has 2 aromatic heterocycles. The minimum Gasteiger partial charge on any atom is -0.490 e. The average Bonchev–Trinajstić information content (AvgIpc) is 2.67. The van der Waals surface area contributed by atoms with Crippen LogP contribution in [0.15, 0.2) is 73.3 Å². The summed E-state index contributed by atoms with van der Waals surface area (Å²) in [5.74, 6) is 0.723. The van der Waals surface area contributed by atoms with Gasteiger partial charge in [0.15, 0.2) is 0 Å². The van der Waals surface area contributed by atoms with Crippen molar-refractivity contribution in [3.63, 3.8) is 0 Å². The molecule has 134 valence electrons. The van der Waals surface area contributed by atoms with E-state index in [4.69, 9.17) is 10.5 Å². The maximum absolute atomic E-state index is 6.16. The molecular weight excluding hydrogens is 346 g/mol. The Morgan fingerprint density at radius 2 is 1.65 bits per heavy atom. The zero-order valence-electron chi connectivity index (χ0n) is 14.4. The molecule has 0 aliphatic rings. The highest BCUT2D eigenvalue weighted by Gasteiger charge is 2.05. The van der Waals surface area contributed by atoms with Gasteiger partial charge in [-0.25, -0.2) is 0 Å². The van der Waals surface area contributed by atoms with E-state index < -0.39 is 0 Å². The Labute approximate surface area is 160 Å². The summed E-state index contributed by atoms with van der Waals surface area (Å²) in [6.45, 7) is 0.452. The van der Waals surface area contributed by atoms with Gasteiger partial charge in [-0.15, -0.1) is 12.4 Å². The van der Waals surface area contributed by atoms with E-state index in [2.05, 4.69) is 22.1 Å². The quantitative estimate of drug-likeness (QED) is 0.685. The molecule has 26 heavy (non-hydrogen) atoms. The molecule has 1 atom stereocenters. The Hall–Kier alpha value is -2.69. The second kappa shape index (κ2) is 10.3. The summed E-state index contributed by atoms with van der Waals surface area (Å²) in [4.78, 5) is 8.24. The van der Waals surface area contributed by atoms with E-state index in [-0.39, 0.29) is 18.4 Å². The number of ether oxygens (including phenoxy) is 1. The zero-order valence-corrected chi connectivity index (χ0v) is 15.2. The van der Waals surface area contributed by atoms with Gasteiger partial charge in [0.1, 0.15) is 12.4 Å². The van der Waals surface area contributed by atoms with E-state index in [1.54, 1.807) is 24.8 Å². The fraction of sp³-hybridized carbons (Fsp3) is 0.143. The molecule has 0 spiro atoms. The smallest absolute Gasteiger partial charge is 0.138 e. The molecule has 2 heterocycles. The van der Waals surface area contributed by atoms with Crippen LogP contribution in [0.5, 0.6) is 5.75 Å². The predicted octanol–water partition coefficient (Wildman–Crippen LogP) is 4.02. The normalized spacial score (nSPS) is 11.7. The molecule has 3 aromatic rings. The van der Waals surface area contributed by atoms with Gasteiger partial charge in [-0.2, -0.15) is 0 Å². The number of rotatable bonds is 7. The summed E-state index contributed by atoms with van der Waals surface area (Å²) in [5, 5.41) is 0. The number of benzene rings is 1. The Balaban J connectivity index is 0.00000243. The van der Waals surface area contributed by atoms with Crippen LogP contribution in [0.1, 0.15) is 16.7 Å². The summed E-state index contributed by atoms with van der Waals surface area (Å²) in [6.07, 6.45) is 11.9. The molecule has 0 fully saturated rings. The summed E-state index contributed by atoms with van der Waals surface area (Å²) in [6, 6.07) is 16.0. The topological polar surface area (TPSA) is 61.0 Å². The number of pyridine rings is 2. The lowest BCUT2D eigenvalue weighted by Crippen LogP contribution is -2.30. The summed E-state index contributed by atoms with van der Waals surface area (Å²) in [5.41, 5.74) is 9.44. The third-order valence-electron chi connectivity index (χ3n) is 3.71. The first-order chi connectivity index (χ1) is 12.3. The summed E-state index contributed by atoms with van der Waals surface area (Å²) >= 11 is 0. The Morgan fingerprint density at radius 3 is 2.42 bits per heavy atom. The van der Waals surface area contributed by atoms with Gasteiger partial charge in [-0.05, 0) is 41.3 Å². The second-order valence-electron chi connectivity index (χ2n) is 5.83. The number of halogens is 1. The molecule has 0 unspecified atom stereocenters. The lowest BCUT2D eigenvalue weighted by molar-refractivity contribution is 0.286. The third kappa shape index (κ3) is 6.31. The molecule has 2 N–H and O–H groups in total. The Kier molecular flexibility index (Phi) is 7.80. The minimum atomic E-state index is -0.0570. The first-order valence-electron chi connectivity index (χ1n) is 8.25. The van der Waals surface area contributed by atoms with E-state index in [0.717, 1.165) is 23.3 Å². The van der Waals surface area contributed by atoms with Crippen molar-refractivity contribution in [2.45, 2.75) is 12.5 Å². The van der Waals surface area contributed by atoms with Crippen LogP contribution in [-0.2, 0) is 6.42 Å². The Bertz CT molecular complexity index is 810. The maximum atomic E-state index is 6.16. The van der Waals surface area contributed by atoms with Gasteiger partial charge in [0.2, 0.25) is 0 Å². The van der Waals surface area contributed by atoms with Crippen molar-refractivity contribution in [3.05, 3.63) is 90.0 Å². The average molecular weight is 368 g/mol. The second-order valence-corrected chi connectivity index (χ2v) is 5.83. The van der Waals surface area contributed by atoms with Crippen LogP contribution in [0.2, 0.25) is 0 Å². The van der Waals surface area contributed by atoms with Crippen molar-refractivity contribution in [1.82, 2.24) is 9.97 Å². The number of nitrogens with zero attached hydrogens (tertiary/aromatic N) is 2. The van der Waals surface area contributed by atoms with Crippen molar-refractivity contribution in [2.24, 2.45) is 5.73 Å². The fourth-order valence-corrected chi connectivity index (χ4v) is 2.45. The number of nitrogens with two attached hydrogens (primary N) is 1. The lowest BCUT2D eigenvalue weighted by atomic mass is 10.1. The van der Waals surface area contributed by atoms with Gasteiger partial charge in [0.25, 0.3) is 0 Å². The first-order valence-corrected chi connectivity index (χ1v) is 8.25. The molecular formula is C21H22ClN3O. The highest BCUT2D eigenvalue weighted by Crippen LogP contribution is 2.14. The van der Waals surface area contributed by atoms with E-state index in [9.17, 15) is 0 Å². The zero-order chi connectivity index (χ0) is 17.3. The van der Waals surface area contributed by atoms with Crippen LogP contribution >= 0.6 is 12.4 Å². The predicted molar refractivity (Wildman–Crippen MR) is 108 cm³/mol. The fourth-order valence-electron chi connectivity index (χ4n) is 2.45. The van der Waals surface area contributed by atoms with Crippen molar-refractivity contribution in [1.29, 1.82) is 0 Å². The molecule has 0 bridgehead atoms. The standard InChI is InChI=1S/C21H21N3O.ClH/c22-20(12-18-4-2-1-3-5-18)16-25-21-13-19(14-24-15-21)7-6-17-8-10-23-11-9-17;/h1-11,13-15,20H,12,16,22H2;1H/t20-;/m0./s1. The van der Waals surface area contributed by atoms with Gasteiger partial charge in [0, 0.05) is 24.6 Å². The molecule has 0 aliphatic heterocycles. The van der Waals surface area contributed by atoms with Crippen LogP contribution in [0.3, 0.4) is 0 Å². The SMILES string of the molecule is Cl.N[C@H](COc1cncc(C=Cc2ccncc2)c1)Cc1ccccc1. The Morgan fingerprint density at radius 1 is 0.923 bits per heavy atom. The molecule has 0 saturated heterocycles. The van der Waals surface area contributed by atoms with Gasteiger partial charge in [-0.3, -0.25) is 9.97 Å². The van der Waals surface area contributed by atoms with Crippen molar-refractivity contribution in [2.75, 3.05) is 6.61 Å². The molecule has 1 aromatic carbocycles. The van der Waals surface area contributed by atoms with E-state index in [0.29, 0.717) is 6.61 Å². The molecule has 0 amide bonds. The number of hydrogen-bond acceptors (Lipinski definition) is 4. The molecule has 3 rings (SSSR count). The van der Waals surface area contributed by atoms with Gasteiger partial charge >= 0.3 is 0 Å². The van der Waals surface area contributed by atoms with Crippen LogP contribution in [0, 0.1) is 0 Å². The van der Waals surface area contributed by atoms with Gasteiger partial charge in [0.05, 0.1) is 6.20 Å². The monoisotopic (exact) mass is 367 g/mol.